The highest BCUT2D eigenvalue weighted by atomic mass is 35.5. The summed E-state index contributed by atoms with van der Waals surface area (Å²) in [6.45, 7) is 6.07. The molecule has 90 valence electrons. The first-order chi connectivity index (χ1) is 7.38. The second-order valence-electron chi connectivity index (χ2n) is 4.74. The molecule has 0 amide bonds. The Balaban J connectivity index is 3.20. The molecule has 1 unspecified atom stereocenters. The second kappa shape index (κ2) is 4.97. The van der Waals surface area contributed by atoms with Crippen molar-refractivity contribution in [2.75, 3.05) is 7.11 Å². The summed E-state index contributed by atoms with van der Waals surface area (Å²) in [7, 11) is 1.60. The van der Waals surface area contributed by atoms with E-state index < -0.39 is 0 Å². The molecule has 0 aliphatic rings. The molecule has 1 N–H and O–H groups in total. The third-order valence-corrected chi connectivity index (χ3v) is 2.49. The molecular formula is C11H17ClN2O2. The smallest absolute Gasteiger partial charge is 0.251 e. The zero-order valence-electron chi connectivity index (χ0n) is 10.0. The average Bonchev–Trinajstić information content (AvgIpc) is 2.15. The molecule has 0 radical (unpaired) electrons. The van der Waals surface area contributed by atoms with E-state index in [2.05, 4.69) is 9.97 Å². The van der Waals surface area contributed by atoms with Crippen molar-refractivity contribution < 1.29 is 4.74 Å². The van der Waals surface area contributed by atoms with Crippen molar-refractivity contribution in [2.24, 2.45) is 5.41 Å². The Hall–Kier alpha value is -0.870. The van der Waals surface area contributed by atoms with Gasteiger partial charge in [0.1, 0.15) is 11.9 Å². The number of H-pyrrole nitrogens is 1. The molecule has 1 rings (SSSR count). The van der Waals surface area contributed by atoms with E-state index in [1.165, 1.54) is 6.07 Å². The number of nitrogens with zero attached hydrogens (tertiary/aromatic N) is 1. The van der Waals surface area contributed by atoms with Gasteiger partial charge in [-0.2, -0.15) is 0 Å². The molecule has 0 fully saturated rings. The van der Waals surface area contributed by atoms with E-state index in [1.807, 2.05) is 20.8 Å². The topological polar surface area (TPSA) is 55.0 Å². The van der Waals surface area contributed by atoms with Gasteiger partial charge >= 0.3 is 0 Å². The highest BCUT2D eigenvalue weighted by Crippen LogP contribution is 2.33. The van der Waals surface area contributed by atoms with Crippen LogP contribution in [0.2, 0.25) is 0 Å². The Kier molecular flexibility index (Phi) is 4.10. The van der Waals surface area contributed by atoms with Crippen molar-refractivity contribution in [1.29, 1.82) is 0 Å². The van der Waals surface area contributed by atoms with Crippen LogP contribution >= 0.6 is 11.6 Å². The van der Waals surface area contributed by atoms with Crippen molar-refractivity contribution in [2.45, 2.75) is 32.8 Å². The van der Waals surface area contributed by atoms with E-state index in [4.69, 9.17) is 16.3 Å². The van der Waals surface area contributed by atoms with Crippen molar-refractivity contribution in [3.8, 4) is 0 Å². The predicted octanol–water partition coefficient (Wildman–Crippen LogP) is 2.24. The molecule has 0 bridgehead atoms. The Morgan fingerprint density at radius 2 is 2.19 bits per heavy atom. The molecule has 0 aromatic carbocycles. The number of rotatable bonds is 3. The van der Waals surface area contributed by atoms with Crippen LogP contribution in [0.3, 0.4) is 0 Å². The van der Waals surface area contributed by atoms with Gasteiger partial charge in [-0.15, -0.1) is 11.6 Å². The minimum absolute atomic E-state index is 0.143. The predicted molar refractivity (Wildman–Crippen MR) is 63.6 cm³/mol. The van der Waals surface area contributed by atoms with Gasteiger partial charge < -0.3 is 9.72 Å². The highest BCUT2D eigenvalue weighted by Gasteiger charge is 2.28. The van der Waals surface area contributed by atoms with Gasteiger partial charge in [0, 0.05) is 13.2 Å². The molecule has 4 nitrogen and oxygen atoms in total. The molecule has 0 aliphatic carbocycles. The van der Waals surface area contributed by atoms with E-state index in [0.29, 0.717) is 11.5 Å². The maximum atomic E-state index is 11.4. The molecule has 0 spiro atoms. The van der Waals surface area contributed by atoms with Gasteiger partial charge in [0.2, 0.25) is 0 Å². The third-order valence-electron chi connectivity index (χ3n) is 2.22. The Morgan fingerprint density at radius 1 is 1.56 bits per heavy atom. The van der Waals surface area contributed by atoms with Gasteiger partial charge in [0.05, 0.1) is 11.6 Å². The zero-order chi connectivity index (χ0) is 12.3. The fourth-order valence-electron chi connectivity index (χ4n) is 1.60. The first-order valence-corrected chi connectivity index (χ1v) is 5.61. The van der Waals surface area contributed by atoms with Crippen LogP contribution in [-0.4, -0.2) is 17.1 Å². The zero-order valence-corrected chi connectivity index (χ0v) is 10.8. The summed E-state index contributed by atoms with van der Waals surface area (Å²) in [5.41, 5.74) is 0.217. The number of halogens is 1. The van der Waals surface area contributed by atoms with E-state index in [1.54, 1.807) is 7.11 Å². The number of hydrogen-bond acceptors (Lipinski definition) is 3. The first kappa shape index (κ1) is 13.2. The molecule has 5 heteroatoms. The molecule has 0 aliphatic heterocycles. The quantitative estimate of drug-likeness (QED) is 0.830. The Bertz CT molecular complexity index is 409. The number of hydrogen-bond donors (Lipinski definition) is 1. The van der Waals surface area contributed by atoms with Gasteiger partial charge in [-0.25, -0.2) is 4.98 Å². The molecule has 1 atom stereocenters. The van der Waals surface area contributed by atoms with Crippen LogP contribution in [0.5, 0.6) is 0 Å². The maximum Gasteiger partial charge on any atom is 0.251 e. The normalized spacial score (nSPS) is 13.8. The van der Waals surface area contributed by atoms with Crippen LogP contribution in [0.4, 0.5) is 0 Å². The first-order valence-electron chi connectivity index (χ1n) is 5.07. The van der Waals surface area contributed by atoms with Crippen LogP contribution < -0.4 is 5.56 Å². The van der Waals surface area contributed by atoms with Crippen molar-refractivity contribution in [3.63, 3.8) is 0 Å². The van der Waals surface area contributed by atoms with E-state index in [-0.39, 0.29) is 23.0 Å². The molecule has 0 saturated heterocycles. The Labute approximate surface area is 100 Å². The lowest BCUT2D eigenvalue weighted by Gasteiger charge is -2.28. The summed E-state index contributed by atoms with van der Waals surface area (Å²) >= 11 is 5.68. The minimum atomic E-state index is -0.261. The van der Waals surface area contributed by atoms with Gasteiger partial charge in [-0.1, -0.05) is 20.8 Å². The van der Waals surface area contributed by atoms with Crippen LogP contribution in [0.15, 0.2) is 10.9 Å². The van der Waals surface area contributed by atoms with Crippen LogP contribution in [0, 0.1) is 5.41 Å². The largest absolute Gasteiger partial charge is 0.373 e. The lowest BCUT2D eigenvalue weighted by atomic mass is 9.88. The third kappa shape index (κ3) is 3.06. The van der Waals surface area contributed by atoms with Crippen molar-refractivity contribution in [1.82, 2.24) is 9.97 Å². The SMILES string of the molecule is COC(c1nc(CCl)cc(=O)[nH]1)C(C)(C)C. The number of aromatic amines is 1. The molecule has 1 heterocycles. The summed E-state index contributed by atoms with van der Waals surface area (Å²) in [5.74, 6) is 0.746. The van der Waals surface area contributed by atoms with Crippen molar-refractivity contribution >= 4 is 11.6 Å². The highest BCUT2D eigenvalue weighted by molar-refractivity contribution is 6.16. The summed E-state index contributed by atoms with van der Waals surface area (Å²) in [5, 5.41) is 0. The molecule has 16 heavy (non-hydrogen) atoms. The monoisotopic (exact) mass is 244 g/mol. The van der Waals surface area contributed by atoms with Crippen LogP contribution in [0.25, 0.3) is 0 Å². The molecule has 0 saturated carbocycles. The average molecular weight is 245 g/mol. The van der Waals surface area contributed by atoms with Gasteiger partial charge in [0.25, 0.3) is 5.56 Å². The second-order valence-corrected chi connectivity index (χ2v) is 5.00. The maximum absolute atomic E-state index is 11.4. The number of ether oxygens (including phenoxy) is 1. The van der Waals surface area contributed by atoms with Crippen molar-refractivity contribution in [3.05, 3.63) is 27.9 Å². The van der Waals surface area contributed by atoms with Crippen LogP contribution in [-0.2, 0) is 10.6 Å². The fraction of sp³-hybridized carbons (Fsp3) is 0.636. The molecular weight excluding hydrogens is 228 g/mol. The summed E-state index contributed by atoms with van der Waals surface area (Å²) in [6.07, 6.45) is -0.261. The minimum Gasteiger partial charge on any atom is -0.373 e. The lowest BCUT2D eigenvalue weighted by molar-refractivity contribution is 0.00836. The summed E-state index contributed by atoms with van der Waals surface area (Å²) < 4.78 is 5.38. The molecule has 1 aromatic rings. The van der Waals surface area contributed by atoms with E-state index in [9.17, 15) is 4.79 Å². The lowest BCUT2D eigenvalue weighted by Crippen LogP contribution is -2.25. The summed E-state index contributed by atoms with van der Waals surface area (Å²) in [6, 6.07) is 1.39. The van der Waals surface area contributed by atoms with Gasteiger partial charge in [-0.05, 0) is 5.41 Å². The standard InChI is InChI=1S/C11H17ClN2O2/c1-11(2,3)9(16-4)10-13-7(6-12)5-8(15)14-10/h5,9H,6H2,1-4H3,(H,13,14,15). The van der Waals surface area contributed by atoms with Crippen LogP contribution in [0.1, 0.15) is 38.4 Å². The van der Waals surface area contributed by atoms with E-state index >= 15 is 0 Å². The number of methoxy groups -OCH3 is 1. The molecule has 1 aromatic heterocycles. The van der Waals surface area contributed by atoms with Gasteiger partial charge in [0.15, 0.2) is 0 Å². The number of aromatic nitrogens is 2. The number of nitrogens with one attached hydrogen (secondary N) is 1. The fourth-order valence-corrected chi connectivity index (χ4v) is 1.73. The van der Waals surface area contributed by atoms with Gasteiger partial charge in [-0.3, -0.25) is 4.79 Å². The Morgan fingerprint density at radius 3 is 2.62 bits per heavy atom. The number of alkyl halides is 1. The van der Waals surface area contributed by atoms with E-state index in [0.717, 1.165) is 0 Å². The summed E-state index contributed by atoms with van der Waals surface area (Å²) in [4.78, 5) is 18.4.